The van der Waals surface area contributed by atoms with E-state index >= 15 is 0 Å². The zero-order valence-corrected chi connectivity index (χ0v) is 11.8. The highest BCUT2D eigenvalue weighted by molar-refractivity contribution is 7.09. The third kappa shape index (κ3) is 3.16. The molecule has 0 saturated carbocycles. The number of hydrogen-bond donors (Lipinski definition) is 1. The Bertz CT molecular complexity index is 366. The number of aromatic nitrogens is 2. The Morgan fingerprint density at radius 2 is 2.24 bits per heavy atom. The van der Waals surface area contributed by atoms with Crippen molar-refractivity contribution in [2.24, 2.45) is 0 Å². The Kier molecular flexibility index (Phi) is 3.68. The summed E-state index contributed by atoms with van der Waals surface area (Å²) in [5, 5.41) is 4.30. The molecule has 0 bridgehead atoms. The van der Waals surface area contributed by atoms with Gasteiger partial charge in [-0.15, -0.1) is 0 Å². The summed E-state index contributed by atoms with van der Waals surface area (Å²) in [6.45, 7) is 9.42. The van der Waals surface area contributed by atoms with Crippen LogP contribution >= 0.6 is 11.5 Å². The van der Waals surface area contributed by atoms with E-state index in [1.165, 1.54) is 18.0 Å². The maximum absolute atomic E-state index is 5.65. The SMILES string of the molecule is CC(Nc1nc(C(C)(C)C)ns1)C1CCCO1. The van der Waals surface area contributed by atoms with Gasteiger partial charge in [-0.2, -0.15) is 4.37 Å². The lowest BCUT2D eigenvalue weighted by molar-refractivity contribution is 0.0996. The monoisotopic (exact) mass is 255 g/mol. The highest BCUT2D eigenvalue weighted by atomic mass is 32.1. The van der Waals surface area contributed by atoms with Gasteiger partial charge in [0.1, 0.15) is 5.82 Å². The quantitative estimate of drug-likeness (QED) is 0.902. The molecule has 1 aromatic rings. The molecule has 2 unspecified atom stereocenters. The third-order valence-corrected chi connectivity index (χ3v) is 3.62. The summed E-state index contributed by atoms with van der Waals surface area (Å²) < 4.78 is 10.0. The number of nitrogens with one attached hydrogen (secondary N) is 1. The first kappa shape index (κ1) is 12.8. The van der Waals surface area contributed by atoms with Gasteiger partial charge in [0.2, 0.25) is 5.13 Å². The van der Waals surface area contributed by atoms with Crippen LogP contribution in [0.1, 0.15) is 46.4 Å². The van der Waals surface area contributed by atoms with Crippen LogP contribution in [0.2, 0.25) is 0 Å². The van der Waals surface area contributed by atoms with Crippen molar-refractivity contribution < 1.29 is 4.74 Å². The Balaban J connectivity index is 1.96. The highest BCUT2D eigenvalue weighted by Crippen LogP contribution is 2.24. The normalized spacial score (nSPS) is 22.7. The molecular weight excluding hydrogens is 234 g/mol. The van der Waals surface area contributed by atoms with E-state index < -0.39 is 0 Å². The maximum Gasteiger partial charge on any atom is 0.202 e. The van der Waals surface area contributed by atoms with Gasteiger partial charge >= 0.3 is 0 Å². The van der Waals surface area contributed by atoms with Crippen LogP contribution in [0, 0.1) is 0 Å². The molecule has 1 saturated heterocycles. The van der Waals surface area contributed by atoms with Crippen LogP contribution in [0.5, 0.6) is 0 Å². The van der Waals surface area contributed by atoms with E-state index in [0.717, 1.165) is 24.0 Å². The van der Waals surface area contributed by atoms with Crippen molar-refractivity contribution in [2.45, 2.75) is 58.1 Å². The smallest absolute Gasteiger partial charge is 0.202 e. The van der Waals surface area contributed by atoms with Crippen LogP contribution in [0.15, 0.2) is 0 Å². The second-order valence-electron chi connectivity index (χ2n) is 5.66. The molecule has 2 heterocycles. The molecule has 2 atom stereocenters. The lowest BCUT2D eigenvalue weighted by Crippen LogP contribution is -2.30. The lowest BCUT2D eigenvalue weighted by Gasteiger charge is -2.19. The van der Waals surface area contributed by atoms with Gasteiger partial charge in [-0.1, -0.05) is 20.8 Å². The van der Waals surface area contributed by atoms with Crippen molar-refractivity contribution in [1.82, 2.24) is 9.36 Å². The lowest BCUT2D eigenvalue weighted by atomic mass is 9.96. The minimum Gasteiger partial charge on any atom is -0.376 e. The second kappa shape index (κ2) is 4.90. The Labute approximate surface area is 107 Å². The number of nitrogens with zero attached hydrogens (tertiary/aromatic N) is 2. The first-order chi connectivity index (χ1) is 7.97. The summed E-state index contributed by atoms with van der Waals surface area (Å²) in [6, 6.07) is 0.304. The number of ether oxygens (including phenoxy) is 1. The average Bonchev–Trinajstić information content (AvgIpc) is 2.85. The maximum atomic E-state index is 5.65. The van der Waals surface area contributed by atoms with Crippen LogP contribution in [0.25, 0.3) is 0 Å². The number of anilines is 1. The fraction of sp³-hybridized carbons (Fsp3) is 0.833. The van der Waals surface area contributed by atoms with Crippen LogP contribution in [-0.4, -0.2) is 28.1 Å². The molecule has 0 spiro atoms. The Hall–Kier alpha value is -0.680. The van der Waals surface area contributed by atoms with E-state index in [9.17, 15) is 0 Å². The molecule has 1 aliphatic heterocycles. The van der Waals surface area contributed by atoms with Crippen molar-refractivity contribution in [3.63, 3.8) is 0 Å². The van der Waals surface area contributed by atoms with Crippen molar-refractivity contribution in [3.05, 3.63) is 5.82 Å². The summed E-state index contributed by atoms with van der Waals surface area (Å²) in [7, 11) is 0. The van der Waals surface area contributed by atoms with Gasteiger partial charge in [0.05, 0.1) is 12.1 Å². The van der Waals surface area contributed by atoms with Gasteiger partial charge < -0.3 is 10.1 Å². The minimum absolute atomic E-state index is 0.0174. The zero-order chi connectivity index (χ0) is 12.5. The van der Waals surface area contributed by atoms with Crippen LogP contribution in [-0.2, 0) is 10.2 Å². The van der Waals surface area contributed by atoms with Crippen molar-refractivity contribution in [3.8, 4) is 0 Å². The van der Waals surface area contributed by atoms with E-state index in [-0.39, 0.29) is 5.41 Å². The molecular formula is C12H21N3OS. The molecule has 4 nitrogen and oxygen atoms in total. The van der Waals surface area contributed by atoms with E-state index in [4.69, 9.17) is 4.74 Å². The molecule has 17 heavy (non-hydrogen) atoms. The molecule has 0 radical (unpaired) electrons. The third-order valence-electron chi connectivity index (χ3n) is 2.97. The van der Waals surface area contributed by atoms with E-state index in [0.29, 0.717) is 12.1 Å². The van der Waals surface area contributed by atoms with Crippen LogP contribution in [0.3, 0.4) is 0 Å². The largest absolute Gasteiger partial charge is 0.376 e. The van der Waals surface area contributed by atoms with E-state index in [2.05, 4.69) is 42.4 Å². The van der Waals surface area contributed by atoms with Gasteiger partial charge in [-0.25, -0.2) is 4.98 Å². The Morgan fingerprint density at radius 3 is 2.76 bits per heavy atom. The van der Waals surface area contributed by atoms with Crippen LogP contribution < -0.4 is 5.32 Å². The van der Waals surface area contributed by atoms with E-state index in [1.54, 1.807) is 0 Å². The minimum atomic E-state index is 0.0174. The topological polar surface area (TPSA) is 47.0 Å². The van der Waals surface area contributed by atoms with Gasteiger partial charge in [-0.3, -0.25) is 0 Å². The van der Waals surface area contributed by atoms with Gasteiger partial charge in [0.15, 0.2) is 0 Å². The molecule has 1 fully saturated rings. The summed E-state index contributed by atoms with van der Waals surface area (Å²) in [6.07, 6.45) is 2.62. The number of hydrogen-bond acceptors (Lipinski definition) is 5. The Morgan fingerprint density at radius 1 is 1.47 bits per heavy atom. The van der Waals surface area contributed by atoms with E-state index in [1.807, 2.05) is 0 Å². The fourth-order valence-corrected chi connectivity index (χ4v) is 2.72. The molecule has 1 aliphatic rings. The second-order valence-corrected chi connectivity index (χ2v) is 6.41. The molecule has 96 valence electrons. The summed E-state index contributed by atoms with van der Waals surface area (Å²) in [5.41, 5.74) is 0.0174. The van der Waals surface area contributed by atoms with Gasteiger partial charge in [0, 0.05) is 23.6 Å². The zero-order valence-electron chi connectivity index (χ0n) is 11.0. The van der Waals surface area contributed by atoms with Crippen molar-refractivity contribution in [1.29, 1.82) is 0 Å². The summed E-state index contributed by atoms with van der Waals surface area (Å²) in [5.74, 6) is 0.907. The molecule has 1 N–H and O–H groups in total. The number of rotatable bonds is 3. The fourth-order valence-electron chi connectivity index (χ4n) is 1.87. The average molecular weight is 255 g/mol. The predicted octanol–water partition coefficient (Wildman–Crippen LogP) is 2.82. The van der Waals surface area contributed by atoms with Crippen molar-refractivity contribution >= 4 is 16.7 Å². The molecule has 0 aliphatic carbocycles. The molecule has 2 rings (SSSR count). The first-order valence-electron chi connectivity index (χ1n) is 6.19. The summed E-state index contributed by atoms with van der Waals surface area (Å²) in [4.78, 5) is 4.53. The molecule has 5 heteroatoms. The van der Waals surface area contributed by atoms with Gasteiger partial charge in [0.25, 0.3) is 0 Å². The molecule has 0 amide bonds. The molecule has 1 aromatic heterocycles. The van der Waals surface area contributed by atoms with Crippen LogP contribution in [0.4, 0.5) is 5.13 Å². The highest BCUT2D eigenvalue weighted by Gasteiger charge is 2.24. The standard InChI is InChI=1S/C12H21N3OS/c1-8(9-6-5-7-16-9)13-11-14-10(15-17-11)12(2,3)4/h8-9H,5-7H2,1-4H3,(H,13,14,15). The molecule has 0 aromatic carbocycles. The van der Waals surface area contributed by atoms with Gasteiger partial charge in [-0.05, 0) is 19.8 Å². The van der Waals surface area contributed by atoms with Crippen molar-refractivity contribution in [2.75, 3.05) is 11.9 Å². The summed E-state index contributed by atoms with van der Waals surface area (Å²) >= 11 is 1.44. The first-order valence-corrected chi connectivity index (χ1v) is 6.96. The predicted molar refractivity (Wildman–Crippen MR) is 70.7 cm³/mol.